The van der Waals surface area contributed by atoms with Gasteiger partial charge in [0.2, 0.25) is 5.91 Å². The third-order valence-electron chi connectivity index (χ3n) is 9.07. The highest BCUT2D eigenvalue weighted by Crippen LogP contribution is 2.44. The number of hydrogen-bond acceptors (Lipinski definition) is 5. The van der Waals surface area contributed by atoms with E-state index in [9.17, 15) is 22.8 Å². The minimum absolute atomic E-state index is 0.135. The number of piperidine rings is 2. The van der Waals surface area contributed by atoms with Crippen molar-refractivity contribution in [3.8, 4) is 11.3 Å². The number of nitrogens with two attached hydrogens (primary N) is 1. The molecule has 3 heterocycles. The molecule has 0 bridgehead atoms. The van der Waals surface area contributed by atoms with Crippen molar-refractivity contribution in [3.63, 3.8) is 0 Å². The number of pyridine rings is 1. The molecule has 7 nitrogen and oxygen atoms in total. The van der Waals surface area contributed by atoms with Crippen LogP contribution in [-0.2, 0) is 22.6 Å². The zero-order valence-corrected chi connectivity index (χ0v) is 25.2. The fraction of sp³-hybridized carbons (Fsp3) is 0.400. The zero-order valence-electron chi connectivity index (χ0n) is 25.2. The van der Waals surface area contributed by atoms with Crippen LogP contribution in [0.15, 0.2) is 66.9 Å². The lowest BCUT2D eigenvalue weighted by Gasteiger charge is -2.36. The van der Waals surface area contributed by atoms with Gasteiger partial charge in [0.1, 0.15) is 5.41 Å². The molecule has 0 radical (unpaired) electrons. The number of primary amides is 1. The van der Waals surface area contributed by atoms with Gasteiger partial charge in [0.25, 0.3) is 0 Å². The van der Waals surface area contributed by atoms with E-state index in [2.05, 4.69) is 64.9 Å². The minimum Gasteiger partial charge on any atom is -0.481 e. The van der Waals surface area contributed by atoms with E-state index in [-0.39, 0.29) is 32.4 Å². The summed E-state index contributed by atoms with van der Waals surface area (Å²) in [5, 5.41) is 16.6. The second-order valence-corrected chi connectivity index (χ2v) is 11.9. The third kappa shape index (κ3) is 7.12. The highest BCUT2D eigenvalue weighted by molar-refractivity contribution is 6.05. The van der Waals surface area contributed by atoms with Crippen molar-refractivity contribution in [1.82, 2.24) is 15.2 Å². The molecule has 1 amide bonds. The van der Waals surface area contributed by atoms with E-state index in [1.807, 2.05) is 12.1 Å². The van der Waals surface area contributed by atoms with Crippen LogP contribution in [0.4, 0.5) is 13.2 Å². The van der Waals surface area contributed by atoms with Gasteiger partial charge in [-0.25, -0.2) is 0 Å². The number of carboxylic acid groups (broad SMARTS) is 1. The number of alkyl halides is 3. The SMILES string of the molecule is NC(=O)C1(C(F)(F)F)CCNCC1.O=C(O)CCc1cccc2c(-c3ncc(CN4CCCCC4)c4ccccc34)cccc12. The molecule has 1 aromatic heterocycles. The standard InChI is InChI=1S/C28H28N2O2.C7H11F3N2O/c31-27(32)15-14-20-8-6-12-24-22(20)11-7-13-26(24)28-25-10-3-2-9-23(25)21(18-29-28)19-30-16-4-1-5-17-30;8-7(9,10)6(5(11)13)1-3-12-4-2-6/h2-3,6-13,18H,1,4-5,14-17,19H2,(H,31,32);12H,1-4H2,(H2,11,13). The van der Waals surface area contributed by atoms with Gasteiger partial charge in [0.05, 0.1) is 5.69 Å². The summed E-state index contributed by atoms with van der Waals surface area (Å²) in [6.07, 6.45) is 1.57. The average Bonchev–Trinajstić information content (AvgIpc) is 3.04. The van der Waals surface area contributed by atoms with Gasteiger partial charge in [-0.1, -0.05) is 67.1 Å². The van der Waals surface area contributed by atoms with Crippen LogP contribution in [-0.4, -0.2) is 59.2 Å². The molecule has 0 spiro atoms. The fourth-order valence-electron chi connectivity index (χ4n) is 6.51. The van der Waals surface area contributed by atoms with Crippen LogP contribution in [0.25, 0.3) is 32.8 Å². The van der Waals surface area contributed by atoms with E-state index in [1.165, 1.54) is 48.7 Å². The number of aliphatic carboxylic acids is 1. The first kappa shape index (κ1) is 32.4. The van der Waals surface area contributed by atoms with Gasteiger partial charge in [-0.3, -0.25) is 19.5 Å². The molecule has 45 heavy (non-hydrogen) atoms. The Balaban J connectivity index is 0.000000259. The Morgan fingerprint density at radius 1 is 0.867 bits per heavy atom. The van der Waals surface area contributed by atoms with Crippen LogP contribution in [0.1, 0.15) is 49.7 Å². The number of carbonyl (C=O) groups is 2. The number of fused-ring (bicyclic) bond motifs is 2. The number of carbonyl (C=O) groups excluding carboxylic acids is 1. The van der Waals surface area contributed by atoms with Gasteiger partial charge in [-0.2, -0.15) is 13.2 Å². The van der Waals surface area contributed by atoms with Crippen LogP contribution in [0.2, 0.25) is 0 Å². The van der Waals surface area contributed by atoms with Crippen molar-refractivity contribution in [2.45, 2.75) is 57.7 Å². The van der Waals surface area contributed by atoms with Gasteiger partial charge in [-0.15, -0.1) is 0 Å². The van der Waals surface area contributed by atoms with E-state index in [0.717, 1.165) is 34.1 Å². The Hall–Kier alpha value is -4.02. The van der Waals surface area contributed by atoms with Gasteiger partial charge >= 0.3 is 12.1 Å². The lowest BCUT2D eigenvalue weighted by atomic mass is 9.77. The van der Waals surface area contributed by atoms with Crippen LogP contribution < -0.4 is 11.1 Å². The third-order valence-corrected chi connectivity index (χ3v) is 9.07. The van der Waals surface area contributed by atoms with E-state index < -0.39 is 23.5 Å². The highest BCUT2D eigenvalue weighted by atomic mass is 19.4. The lowest BCUT2D eigenvalue weighted by molar-refractivity contribution is -0.226. The first-order valence-corrected chi connectivity index (χ1v) is 15.5. The Kier molecular flexibility index (Phi) is 10.0. The molecule has 6 rings (SSSR count). The topological polar surface area (TPSA) is 109 Å². The lowest BCUT2D eigenvalue weighted by Crippen LogP contribution is -2.54. The Morgan fingerprint density at radius 3 is 2.13 bits per heavy atom. The van der Waals surface area contributed by atoms with Gasteiger partial charge in [0, 0.05) is 30.1 Å². The predicted octanol–water partition coefficient (Wildman–Crippen LogP) is 6.46. The van der Waals surface area contributed by atoms with Crippen molar-refractivity contribution >= 4 is 33.4 Å². The number of amides is 1. The largest absolute Gasteiger partial charge is 0.481 e. The highest BCUT2D eigenvalue weighted by Gasteiger charge is 2.59. The molecule has 2 saturated heterocycles. The molecule has 2 aliphatic heterocycles. The number of benzene rings is 3. The molecule has 10 heteroatoms. The van der Waals surface area contributed by atoms with Crippen molar-refractivity contribution in [2.75, 3.05) is 26.2 Å². The van der Waals surface area contributed by atoms with E-state index >= 15 is 0 Å². The molecular formula is C35H39F3N4O3. The summed E-state index contributed by atoms with van der Waals surface area (Å²) in [6.45, 7) is 3.64. The molecular weight excluding hydrogens is 581 g/mol. The summed E-state index contributed by atoms with van der Waals surface area (Å²) >= 11 is 0. The van der Waals surface area contributed by atoms with Crippen molar-refractivity contribution in [1.29, 1.82) is 0 Å². The summed E-state index contributed by atoms with van der Waals surface area (Å²) in [5.41, 5.74) is 6.93. The van der Waals surface area contributed by atoms with Crippen LogP contribution in [0.3, 0.4) is 0 Å². The number of carboxylic acids is 1. The molecule has 3 aromatic carbocycles. The second kappa shape index (κ2) is 14.0. The molecule has 0 atom stereocenters. The first-order chi connectivity index (χ1) is 21.6. The van der Waals surface area contributed by atoms with Gasteiger partial charge in [0.15, 0.2) is 0 Å². The molecule has 2 aliphatic rings. The van der Waals surface area contributed by atoms with Gasteiger partial charge < -0.3 is 16.2 Å². The number of rotatable bonds is 7. The predicted molar refractivity (Wildman–Crippen MR) is 170 cm³/mol. The Labute approximate surface area is 260 Å². The molecule has 0 saturated carbocycles. The average molecular weight is 621 g/mol. The molecule has 0 unspecified atom stereocenters. The summed E-state index contributed by atoms with van der Waals surface area (Å²) < 4.78 is 37.6. The Bertz CT molecular complexity index is 1660. The molecule has 238 valence electrons. The number of nitrogens with zero attached hydrogens (tertiary/aromatic N) is 2. The summed E-state index contributed by atoms with van der Waals surface area (Å²) in [7, 11) is 0. The summed E-state index contributed by atoms with van der Waals surface area (Å²) in [5.74, 6) is -2.03. The number of likely N-dealkylation sites (tertiary alicyclic amines) is 1. The number of hydrogen-bond donors (Lipinski definition) is 3. The monoisotopic (exact) mass is 620 g/mol. The van der Waals surface area contributed by atoms with E-state index in [4.69, 9.17) is 15.8 Å². The van der Waals surface area contributed by atoms with Crippen LogP contribution in [0, 0.1) is 5.41 Å². The smallest absolute Gasteiger partial charge is 0.403 e. The van der Waals surface area contributed by atoms with Crippen molar-refractivity contribution < 1.29 is 27.9 Å². The maximum atomic E-state index is 12.5. The van der Waals surface area contributed by atoms with E-state index in [0.29, 0.717) is 6.42 Å². The number of aryl methyl sites for hydroxylation is 1. The minimum atomic E-state index is -4.53. The van der Waals surface area contributed by atoms with Crippen LogP contribution in [0.5, 0.6) is 0 Å². The molecule has 2 fully saturated rings. The van der Waals surface area contributed by atoms with E-state index in [1.54, 1.807) is 0 Å². The molecule has 4 aromatic rings. The summed E-state index contributed by atoms with van der Waals surface area (Å²) in [6, 6.07) is 21.0. The first-order valence-electron chi connectivity index (χ1n) is 15.5. The van der Waals surface area contributed by atoms with Crippen molar-refractivity contribution in [2.24, 2.45) is 11.1 Å². The van der Waals surface area contributed by atoms with Crippen LogP contribution >= 0.6 is 0 Å². The fourth-order valence-corrected chi connectivity index (χ4v) is 6.51. The zero-order chi connectivity index (χ0) is 32.0. The maximum Gasteiger partial charge on any atom is 0.403 e. The number of aromatic nitrogens is 1. The maximum absolute atomic E-state index is 12.5. The molecule has 0 aliphatic carbocycles. The second-order valence-electron chi connectivity index (χ2n) is 11.9. The molecule has 4 N–H and O–H groups in total. The summed E-state index contributed by atoms with van der Waals surface area (Å²) in [4.78, 5) is 29.4. The number of nitrogens with one attached hydrogen (secondary N) is 1. The quantitative estimate of drug-likeness (QED) is 0.219. The van der Waals surface area contributed by atoms with Crippen molar-refractivity contribution in [3.05, 3.63) is 78.0 Å². The van der Waals surface area contributed by atoms with Gasteiger partial charge in [-0.05, 0) is 85.6 Å². The normalized spacial score (nSPS) is 17.0. The number of halogens is 3. The Morgan fingerprint density at radius 2 is 1.49 bits per heavy atom.